The number of carboxylic acids is 1. The number of aryl methyl sites for hydroxylation is 1. The van der Waals surface area contributed by atoms with Crippen LogP contribution in [-0.4, -0.2) is 48.5 Å². The quantitative estimate of drug-likeness (QED) is 0.861. The molecular formula is C16H21F3N2O3. The van der Waals surface area contributed by atoms with Crippen molar-refractivity contribution < 1.29 is 27.8 Å². The number of aliphatic carboxylic acids is 1. The van der Waals surface area contributed by atoms with Crippen LogP contribution in [0.25, 0.3) is 0 Å². The topological polar surface area (TPSA) is 71.5 Å². The molecule has 0 spiro atoms. The van der Waals surface area contributed by atoms with E-state index in [1.165, 1.54) is 29.7 Å². The summed E-state index contributed by atoms with van der Waals surface area (Å²) in [6.07, 6.45) is -0.645. The van der Waals surface area contributed by atoms with E-state index in [4.69, 9.17) is 14.6 Å². The monoisotopic (exact) mass is 346 g/mol. The Balaban J connectivity index is 0.000000256. The summed E-state index contributed by atoms with van der Waals surface area (Å²) in [6.45, 7) is 6.21. The summed E-state index contributed by atoms with van der Waals surface area (Å²) in [5.74, 6) is -1.52. The Morgan fingerprint density at radius 2 is 1.88 bits per heavy atom. The van der Waals surface area contributed by atoms with Crippen molar-refractivity contribution >= 4 is 5.97 Å². The molecule has 0 radical (unpaired) electrons. The third-order valence-corrected chi connectivity index (χ3v) is 4.25. The van der Waals surface area contributed by atoms with Crippen LogP contribution in [0.2, 0.25) is 0 Å². The standard InChI is InChI=1S/C14H20N2O.C2HF3O2/c1-10-2-7-16-14(12-8-17-9-12)13(10)11-3-5-15-6-4-11;3-2(4,5)1(6)7/h2,7,11-12,15H,3-6,8-9H2,1H3;(H,6,7). The minimum Gasteiger partial charge on any atom is -0.475 e. The number of carboxylic acid groups (broad SMARTS) is 1. The Morgan fingerprint density at radius 1 is 1.29 bits per heavy atom. The van der Waals surface area contributed by atoms with E-state index in [1.54, 1.807) is 0 Å². The second-order valence-corrected chi connectivity index (χ2v) is 5.99. The molecule has 0 atom stereocenters. The van der Waals surface area contributed by atoms with Gasteiger partial charge in [-0.25, -0.2) is 4.79 Å². The molecule has 0 aliphatic carbocycles. The number of ether oxygens (including phenoxy) is 1. The Hall–Kier alpha value is -1.67. The maximum Gasteiger partial charge on any atom is 0.490 e. The summed E-state index contributed by atoms with van der Waals surface area (Å²) >= 11 is 0. The van der Waals surface area contributed by atoms with Gasteiger partial charge < -0.3 is 15.2 Å². The zero-order chi connectivity index (χ0) is 17.7. The van der Waals surface area contributed by atoms with Gasteiger partial charge in [0, 0.05) is 12.1 Å². The van der Waals surface area contributed by atoms with Gasteiger partial charge in [0.05, 0.1) is 18.9 Å². The molecule has 3 rings (SSSR count). The summed E-state index contributed by atoms with van der Waals surface area (Å²) in [7, 11) is 0. The Labute approximate surface area is 138 Å². The van der Waals surface area contributed by atoms with E-state index in [0.29, 0.717) is 11.8 Å². The van der Waals surface area contributed by atoms with Crippen LogP contribution in [0.1, 0.15) is 41.5 Å². The van der Waals surface area contributed by atoms with Crippen molar-refractivity contribution in [2.45, 2.75) is 37.8 Å². The van der Waals surface area contributed by atoms with E-state index in [2.05, 4.69) is 23.3 Å². The van der Waals surface area contributed by atoms with Crippen molar-refractivity contribution in [1.29, 1.82) is 0 Å². The molecular weight excluding hydrogens is 325 g/mol. The predicted octanol–water partition coefficient (Wildman–Crippen LogP) is 2.60. The van der Waals surface area contributed by atoms with Gasteiger partial charge in [-0.3, -0.25) is 4.98 Å². The molecule has 1 aromatic heterocycles. The number of carbonyl (C=O) groups is 1. The lowest BCUT2D eigenvalue weighted by molar-refractivity contribution is -0.192. The lowest BCUT2D eigenvalue weighted by Crippen LogP contribution is -2.31. The molecule has 0 bridgehead atoms. The number of piperidine rings is 1. The second-order valence-electron chi connectivity index (χ2n) is 5.99. The van der Waals surface area contributed by atoms with E-state index in [9.17, 15) is 13.2 Å². The van der Waals surface area contributed by atoms with E-state index in [1.807, 2.05) is 6.20 Å². The molecule has 2 N–H and O–H groups in total. The normalized spacial score (nSPS) is 19.2. The molecule has 134 valence electrons. The zero-order valence-electron chi connectivity index (χ0n) is 13.4. The zero-order valence-corrected chi connectivity index (χ0v) is 13.4. The average Bonchev–Trinajstić information content (AvgIpc) is 2.46. The van der Waals surface area contributed by atoms with Gasteiger partial charge in [-0.15, -0.1) is 0 Å². The first-order valence-corrected chi connectivity index (χ1v) is 7.84. The fraction of sp³-hybridized carbons (Fsp3) is 0.625. The van der Waals surface area contributed by atoms with Crippen LogP contribution >= 0.6 is 0 Å². The minimum atomic E-state index is -5.08. The maximum absolute atomic E-state index is 10.6. The number of hydrogen-bond donors (Lipinski definition) is 2. The molecule has 24 heavy (non-hydrogen) atoms. The Kier molecular flexibility index (Phi) is 6.17. The van der Waals surface area contributed by atoms with Gasteiger partial charge in [0.2, 0.25) is 0 Å². The van der Waals surface area contributed by atoms with Gasteiger partial charge in [0.1, 0.15) is 0 Å². The van der Waals surface area contributed by atoms with Gasteiger partial charge in [-0.05, 0) is 56.0 Å². The molecule has 2 aliphatic rings. The molecule has 2 fully saturated rings. The highest BCUT2D eigenvalue weighted by molar-refractivity contribution is 5.73. The largest absolute Gasteiger partial charge is 0.490 e. The van der Waals surface area contributed by atoms with Crippen LogP contribution < -0.4 is 5.32 Å². The molecule has 2 aliphatic heterocycles. The van der Waals surface area contributed by atoms with Gasteiger partial charge in [0.15, 0.2) is 0 Å². The molecule has 2 saturated heterocycles. The molecule has 5 nitrogen and oxygen atoms in total. The van der Waals surface area contributed by atoms with Crippen LogP contribution in [0, 0.1) is 6.92 Å². The highest BCUT2D eigenvalue weighted by atomic mass is 19.4. The third-order valence-electron chi connectivity index (χ3n) is 4.25. The Morgan fingerprint density at radius 3 is 2.33 bits per heavy atom. The van der Waals surface area contributed by atoms with Gasteiger partial charge in [0.25, 0.3) is 0 Å². The number of nitrogens with zero attached hydrogens (tertiary/aromatic N) is 1. The van der Waals surface area contributed by atoms with Crippen LogP contribution in [0.3, 0.4) is 0 Å². The van der Waals surface area contributed by atoms with E-state index in [0.717, 1.165) is 26.3 Å². The minimum absolute atomic E-state index is 0.541. The average molecular weight is 346 g/mol. The molecule has 0 unspecified atom stereocenters. The number of rotatable bonds is 2. The van der Waals surface area contributed by atoms with Crippen molar-refractivity contribution in [1.82, 2.24) is 10.3 Å². The highest BCUT2D eigenvalue weighted by Gasteiger charge is 2.38. The summed E-state index contributed by atoms with van der Waals surface area (Å²) in [5, 5.41) is 10.6. The van der Waals surface area contributed by atoms with Crippen molar-refractivity contribution in [2.75, 3.05) is 26.3 Å². The number of aromatic nitrogens is 1. The van der Waals surface area contributed by atoms with Crippen LogP contribution in [0.4, 0.5) is 13.2 Å². The fourth-order valence-electron chi connectivity index (χ4n) is 2.95. The molecule has 1 aromatic rings. The highest BCUT2D eigenvalue weighted by Crippen LogP contribution is 2.35. The SMILES string of the molecule is Cc1ccnc(C2COC2)c1C1CCNCC1.O=C(O)C(F)(F)F. The van der Waals surface area contributed by atoms with Crippen molar-refractivity contribution in [3.63, 3.8) is 0 Å². The van der Waals surface area contributed by atoms with E-state index < -0.39 is 12.1 Å². The fourth-order valence-corrected chi connectivity index (χ4v) is 2.95. The first-order chi connectivity index (χ1) is 11.3. The summed E-state index contributed by atoms with van der Waals surface area (Å²) in [4.78, 5) is 13.5. The summed E-state index contributed by atoms with van der Waals surface area (Å²) in [6, 6.07) is 2.15. The van der Waals surface area contributed by atoms with Crippen LogP contribution in [0.5, 0.6) is 0 Å². The van der Waals surface area contributed by atoms with Crippen molar-refractivity contribution in [2.24, 2.45) is 0 Å². The predicted molar refractivity (Wildman–Crippen MR) is 81.1 cm³/mol. The number of pyridine rings is 1. The van der Waals surface area contributed by atoms with Crippen LogP contribution in [-0.2, 0) is 9.53 Å². The summed E-state index contributed by atoms with van der Waals surface area (Å²) < 4.78 is 37.1. The van der Waals surface area contributed by atoms with Crippen molar-refractivity contribution in [3.8, 4) is 0 Å². The first kappa shape index (κ1) is 18.7. The van der Waals surface area contributed by atoms with Gasteiger partial charge in [-0.1, -0.05) is 0 Å². The molecule has 8 heteroatoms. The van der Waals surface area contributed by atoms with Gasteiger partial charge in [-0.2, -0.15) is 13.2 Å². The van der Waals surface area contributed by atoms with Gasteiger partial charge >= 0.3 is 12.1 Å². The summed E-state index contributed by atoms with van der Waals surface area (Å²) in [5.41, 5.74) is 4.24. The molecule has 0 aromatic carbocycles. The number of alkyl halides is 3. The van der Waals surface area contributed by atoms with Crippen LogP contribution in [0.15, 0.2) is 12.3 Å². The maximum atomic E-state index is 10.6. The molecule has 3 heterocycles. The lowest BCUT2D eigenvalue weighted by Gasteiger charge is -2.32. The third kappa shape index (κ3) is 4.67. The number of halogens is 3. The molecule has 0 amide bonds. The second kappa shape index (κ2) is 7.94. The number of hydrogen-bond acceptors (Lipinski definition) is 4. The van der Waals surface area contributed by atoms with E-state index >= 15 is 0 Å². The van der Waals surface area contributed by atoms with Crippen molar-refractivity contribution in [3.05, 3.63) is 29.1 Å². The number of nitrogens with one attached hydrogen (secondary N) is 1. The smallest absolute Gasteiger partial charge is 0.475 e. The Bertz CT molecular complexity index is 568. The van der Waals surface area contributed by atoms with E-state index in [-0.39, 0.29) is 0 Å². The lowest BCUT2D eigenvalue weighted by atomic mass is 9.83. The first-order valence-electron chi connectivity index (χ1n) is 7.84. The molecule has 0 saturated carbocycles.